The van der Waals surface area contributed by atoms with Crippen molar-refractivity contribution in [2.45, 2.75) is 44.2 Å². The lowest BCUT2D eigenvalue weighted by molar-refractivity contribution is 0.109. The van der Waals surface area contributed by atoms with Crippen LogP contribution in [0.3, 0.4) is 0 Å². The summed E-state index contributed by atoms with van der Waals surface area (Å²) in [6.07, 6.45) is 6.76. The first-order valence-corrected chi connectivity index (χ1v) is 6.36. The zero-order valence-electron chi connectivity index (χ0n) is 9.86. The first kappa shape index (κ1) is 11.4. The third kappa shape index (κ3) is 3.16. The Hall–Kier alpha value is -0.120. The van der Waals surface area contributed by atoms with Gasteiger partial charge in [-0.3, -0.25) is 4.90 Å². The molecule has 1 N–H and O–H groups in total. The Labute approximate surface area is 93.1 Å². The van der Waals surface area contributed by atoms with Crippen LogP contribution in [0.5, 0.6) is 0 Å². The second kappa shape index (κ2) is 5.28. The maximum Gasteiger partial charge on any atom is 0.0558 e. The Kier molecular flexibility index (Phi) is 4.00. The summed E-state index contributed by atoms with van der Waals surface area (Å²) in [6.45, 7) is 3.60. The zero-order chi connectivity index (χ0) is 10.7. The van der Waals surface area contributed by atoms with Gasteiger partial charge in [-0.25, -0.2) is 0 Å². The Morgan fingerprint density at radius 2 is 2.07 bits per heavy atom. The normalized spacial score (nSPS) is 28.6. The van der Waals surface area contributed by atoms with Crippen LogP contribution in [0.15, 0.2) is 0 Å². The van der Waals surface area contributed by atoms with Gasteiger partial charge in [-0.15, -0.1) is 0 Å². The zero-order valence-corrected chi connectivity index (χ0v) is 9.86. The minimum atomic E-state index is 0.312. The predicted molar refractivity (Wildman–Crippen MR) is 61.9 cm³/mol. The molecule has 0 bridgehead atoms. The van der Waals surface area contributed by atoms with Gasteiger partial charge in [0, 0.05) is 25.2 Å². The highest BCUT2D eigenvalue weighted by molar-refractivity contribution is 4.88. The van der Waals surface area contributed by atoms with Crippen LogP contribution in [0.4, 0.5) is 0 Å². The van der Waals surface area contributed by atoms with Crippen LogP contribution in [0.25, 0.3) is 0 Å². The summed E-state index contributed by atoms with van der Waals surface area (Å²) in [5.41, 5.74) is 0. The molecule has 1 saturated carbocycles. The number of piperidine rings is 1. The molecule has 3 heteroatoms. The van der Waals surface area contributed by atoms with E-state index in [0.29, 0.717) is 6.61 Å². The molecule has 0 aromatic heterocycles. The number of aliphatic hydroxyl groups excluding tert-OH is 1. The summed E-state index contributed by atoms with van der Waals surface area (Å²) in [4.78, 5) is 4.99. The summed E-state index contributed by atoms with van der Waals surface area (Å²) >= 11 is 0. The lowest BCUT2D eigenvalue weighted by atomic mass is 10.0. The highest BCUT2D eigenvalue weighted by atomic mass is 16.3. The van der Waals surface area contributed by atoms with E-state index in [2.05, 4.69) is 16.8 Å². The van der Waals surface area contributed by atoms with Gasteiger partial charge in [0.05, 0.1) is 6.61 Å². The van der Waals surface area contributed by atoms with E-state index >= 15 is 0 Å². The number of likely N-dealkylation sites (tertiary alicyclic amines) is 1. The second-order valence-corrected chi connectivity index (χ2v) is 5.08. The Balaban J connectivity index is 1.81. The number of rotatable bonds is 5. The third-order valence-electron chi connectivity index (χ3n) is 3.82. The van der Waals surface area contributed by atoms with E-state index in [1.54, 1.807) is 0 Å². The molecule has 2 rings (SSSR count). The number of hydrogen-bond donors (Lipinski definition) is 1. The van der Waals surface area contributed by atoms with E-state index < -0.39 is 0 Å². The molecular weight excluding hydrogens is 188 g/mol. The summed E-state index contributed by atoms with van der Waals surface area (Å²) in [6, 6.07) is 1.51. The molecule has 2 fully saturated rings. The van der Waals surface area contributed by atoms with E-state index in [-0.39, 0.29) is 0 Å². The molecule has 0 aromatic carbocycles. The van der Waals surface area contributed by atoms with Crippen molar-refractivity contribution < 1.29 is 5.11 Å². The fourth-order valence-electron chi connectivity index (χ4n) is 2.64. The van der Waals surface area contributed by atoms with E-state index in [0.717, 1.165) is 18.6 Å². The van der Waals surface area contributed by atoms with Gasteiger partial charge in [-0.2, -0.15) is 0 Å². The van der Waals surface area contributed by atoms with E-state index in [1.165, 1.54) is 45.2 Å². The molecule has 3 nitrogen and oxygen atoms in total. The largest absolute Gasteiger partial charge is 0.395 e. The lowest BCUT2D eigenvalue weighted by Gasteiger charge is -2.36. The van der Waals surface area contributed by atoms with Gasteiger partial charge in [0.15, 0.2) is 0 Å². The van der Waals surface area contributed by atoms with E-state index in [1.807, 2.05) is 0 Å². The minimum Gasteiger partial charge on any atom is -0.395 e. The Morgan fingerprint density at radius 3 is 2.67 bits per heavy atom. The number of nitrogens with zero attached hydrogens (tertiary/aromatic N) is 2. The molecule has 1 saturated heterocycles. The van der Waals surface area contributed by atoms with Crippen molar-refractivity contribution >= 4 is 0 Å². The average molecular weight is 212 g/mol. The van der Waals surface area contributed by atoms with Crippen molar-refractivity contribution in [3.05, 3.63) is 0 Å². The van der Waals surface area contributed by atoms with Gasteiger partial charge in [-0.1, -0.05) is 6.42 Å². The van der Waals surface area contributed by atoms with Crippen molar-refractivity contribution in [3.63, 3.8) is 0 Å². The van der Waals surface area contributed by atoms with Gasteiger partial charge >= 0.3 is 0 Å². The molecule has 0 radical (unpaired) electrons. The lowest BCUT2D eigenvalue weighted by Crippen LogP contribution is -2.46. The van der Waals surface area contributed by atoms with Crippen LogP contribution in [-0.2, 0) is 0 Å². The van der Waals surface area contributed by atoms with Crippen LogP contribution in [0.2, 0.25) is 0 Å². The van der Waals surface area contributed by atoms with Crippen molar-refractivity contribution in [3.8, 4) is 0 Å². The average Bonchev–Trinajstić information content (AvgIpc) is 3.04. The van der Waals surface area contributed by atoms with Crippen molar-refractivity contribution in [1.29, 1.82) is 0 Å². The van der Waals surface area contributed by atoms with Crippen LogP contribution >= 0.6 is 0 Å². The third-order valence-corrected chi connectivity index (χ3v) is 3.82. The molecule has 2 aliphatic rings. The van der Waals surface area contributed by atoms with E-state index in [9.17, 15) is 0 Å². The van der Waals surface area contributed by atoms with Crippen molar-refractivity contribution in [2.24, 2.45) is 0 Å². The van der Waals surface area contributed by atoms with Crippen LogP contribution < -0.4 is 0 Å². The van der Waals surface area contributed by atoms with Gasteiger partial charge in [0.2, 0.25) is 0 Å². The maximum atomic E-state index is 9.05. The molecule has 1 aliphatic heterocycles. The molecule has 1 aliphatic carbocycles. The second-order valence-electron chi connectivity index (χ2n) is 5.08. The monoisotopic (exact) mass is 212 g/mol. The Morgan fingerprint density at radius 1 is 1.27 bits per heavy atom. The highest BCUT2D eigenvalue weighted by Crippen LogP contribution is 2.28. The molecule has 0 amide bonds. The topological polar surface area (TPSA) is 26.7 Å². The SMILES string of the molecule is CN1CCCCC1CN(CCO)C1CC1. The van der Waals surface area contributed by atoms with Crippen molar-refractivity contribution in [1.82, 2.24) is 9.80 Å². The molecule has 1 heterocycles. The molecule has 1 unspecified atom stereocenters. The molecule has 0 aromatic rings. The summed E-state index contributed by atoms with van der Waals surface area (Å²) in [7, 11) is 2.24. The highest BCUT2D eigenvalue weighted by Gasteiger charge is 2.31. The Bertz CT molecular complexity index is 192. The summed E-state index contributed by atoms with van der Waals surface area (Å²) < 4.78 is 0. The molecule has 88 valence electrons. The molecule has 15 heavy (non-hydrogen) atoms. The van der Waals surface area contributed by atoms with Gasteiger partial charge < -0.3 is 10.0 Å². The molecule has 1 atom stereocenters. The predicted octanol–water partition coefficient (Wildman–Crippen LogP) is 0.927. The van der Waals surface area contributed by atoms with Crippen LogP contribution in [0, 0.1) is 0 Å². The van der Waals surface area contributed by atoms with Crippen LogP contribution in [0.1, 0.15) is 32.1 Å². The molecule has 0 spiro atoms. The van der Waals surface area contributed by atoms with Crippen molar-refractivity contribution in [2.75, 3.05) is 33.3 Å². The van der Waals surface area contributed by atoms with Gasteiger partial charge in [0.1, 0.15) is 0 Å². The van der Waals surface area contributed by atoms with Crippen LogP contribution in [-0.4, -0.2) is 60.3 Å². The van der Waals surface area contributed by atoms with Gasteiger partial charge in [-0.05, 0) is 39.3 Å². The smallest absolute Gasteiger partial charge is 0.0558 e. The quantitative estimate of drug-likeness (QED) is 0.734. The fourth-order valence-corrected chi connectivity index (χ4v) is 2.64. The summed E-state index contributed by atoms with van der Waals surface area (Å²) in [5.74, 6) is 0. The molecular formula is C12H24N2O. The van der Waals surface area contributed by atoms with E-state index in [4.69, 9.17) is 5.11 Å². The standard InChI is InChI=1S/C12H24N2O/c1-13-7-3-2-4-12(13)10-14(8-9-15)11-5-6-11/h11-12,15H,2-10H2,1H3. The first-order chi connectivity index (χ1) is 7.31. The number of aliphatic hydroxyl groups is 1. The maximum absolute atomic E-state index is 9.05. The first-order valence-electron chi connectivity index (χ1n) is 6.36. The fraction of sp³-hybridized carbons (Fsp3) is 1.00. The number of hydrogen-bond acceptors (Lipinski definition) is 3. The minimum absolute atomic E-state index is 0.312. The number of likely N-dealkylation sites (N-methyl/N-ethyl adjacent to an activating group) is 1. The summed E-state index contributed by atoms with van der Waals surface area (Å²) in [5, 5.41) is 9.05. The van der Waals surface area contributed by atoms with Gasteiger partial charge in [0.25, 0.3) is 0 Å².